The van der Waals surface area contributed by atoms with Crippen molar-refractivity contribution in [3.05, 3.63) is 57.8 Å². The third-order valence-corrected chi connectivity index (χ3v) is 2.70. The summed E-state index contributed by atoms with van der Waals surface area (Å²) in [5.41, 5.74) is 1.83. The van der Waals surface area contributed by atoms with E-state index >= 15 is 0 Å². The van der Waals surface area contributed by atoms with Gasteiger partial charge in [-0.25, -0.2) is 4.79 Å². The number of esters is 1. The zero-order valence-corrected chi connectivity index (χ0v) is 10.3. The molecule has 94 valence electrons. The van der Waals surface area contributed by atoms with Gasteiger partial charge in [-0.1, -0.05) is 0 Å². The van der Waals surface area contributed by atoms with Gasteiger partial charge in [0.25, 0.3) is 5.56 Å². The lowest BCUT2D eigenvalue weighted by atomic mass is 10.2. The highest BCUT2D eigenvalue weighted by atomic mass is 16.5. The first-order valence-electron chi connectivity index (χ1n) is 5.54. The van der Waals surface area contributed by atoms with Crippen molar-refractivity contribution in [3.8, 4) is 0 Å². The van der Waals surface area contributed by atoms with Crippen LogP contribution in [0, 0.1) is 6.92 Å². The molecule has 0 aromatic carbocycles. The van der Waals surface area contributed by atoms with Crippen molar-refractivity contribution < 1.29 is 9.53 Å². The predicted octanol–water partition coefficient (Wildman–Crippen LogP) is 1.38. The van der Waals surface area contributed by atoms with Gasteiger partial charge in [0.15, 0.2) is 0 Å². The number of aromatic nitrogens is 2. The summed E-state index contributed by atoms with van der Waals surface area (Å²) in [6.45, 7) is 1.92. The molecular formula is C13H14N2O3. The number of pyridine rings is 1. The highest BCUT2D eigenvalue weighted by molar-refractivity contribution is 5.88. The van der Waals surface area contributed by atoms with Crippen molar-refractivity contribution in [1.29, 1.82) is 0 Å². The molecule has 2 aromatic heterocycles. The average molecular weight is 246 g/mol. The third kappa shape index (κ3) is 2.51. The summed E-state index contributed by atoms with van der Waals surface area (Å²) in [4.78, 5) is 25.9. The minimum atomic E-state index is -0.418. The minimum absolute atomic E-state index is 0.0906. The molecule has 2 rings (SSSR count). The fourth-order valence-corrected chi connectivity index (χ4v) is 1.57. The van der Waals surface area contributed by atoms with Crippen molar-refractivity contribution >= 4 is 5.97 Å². The van der Waals surface area contributed by atoms with Gasteiger partial charge in [-0.05, 0) is 30.2 Å². The summed E-state index contributed by atoms with van der Waals surface area (Å²) in [7, 11) is 1.67. The highest BCUT2D eigenvalue weighted by Crippen LogP contribution is 2.08. The first-order chi connectivity index (χ1) is 8.58. The van der Waals surface area contributed by atoms with E-state index in [1.54, 1.807) is 31.6 Å². The molecule has 0 unspecified atom stereocenters. The summed E-state index contributed by atoms with van der Waals surface area (Å²) in [6, 6.07) is 5.00. The van der Waals surface area contributed by atoms with Gasteiger partial charge in [0.2, 0.25) is 0 Å². The number of rotatable bonds is 3. The first-order valence-corrected chi connectivity index (χ1v) is 5.54. The van der Waals surface area contributed by atoms with E-state index in [1.165, 1.54) is 10.6 Å². The van der Waals surface area contributed by atoms with E-state index in [0.717, 1.165) is 5.56 Å². The fourth-order valence-electron chi connectivity index (χ4n) is 1.57. The van der Waals surface area contributed by atoms with Gasteiger partial charge in [0.05, 0.1) is 0 Å². The van der Waals surface area contributed by atoms with E-state index in [0.29, 0.717) is 11.3 Å². The topological polar surface area (TPSA) is 64.1 Å². The molecule has 0 saturated carbocycles. The number of nitrogens with zero attached hydrogens (tertiary/aromatic N) is 1. The smallest absolute Gasteiger partial charge is 0.355 e. The van der Waals surface area contributed by atoms with Crippen LogP contribution in [0.5, 0.6) is 0 Å². The average Bonchev–Trinajstić information content (AvgIpc) is 2.77. The molecule has 5 nitrogen and oxygen atoms in total. The van der Waals surface area contributed by atoms with E-state index in [9.17, 15) is 9.59 Å². The summed E-state index contributed by atoms with van der Waals surface area (Å²) < 4.78 is 6.59. The summed E-state index contributed by atoms with van der Waals surface area (Å²) in [5.74, 6) is -0.418. The molecule has 1 N–H and O–H groups in total. The largest absolute Gasteiger partial charge is 0.456 e. The van der Waals surface area contributed by atoms with Gasteiger partial charge >= 0.3 is 5.97 Å². The van der Waals surface area contributed by atoms with Crippen LogP contribution < -0.4 is 5.56 Å². The molecule has 0 aliphatic carbocycles. The number of aromatic amines is 1. The van der Waals surface area contributed by atoms with Crippen LogP contribution in [-0.2, 0) is 18.4 Å². The van der Waals surface area contributed by atoms with Crippen molar-refractivity contribution in [3.63, 3.8) is 0 Å². The number of carbonyl (C=O) groups excluding carboxylic acids is 1. The number of carbonyl (C=O) groups is 1. The molecule has 18 heavy (non-hydrogen) atoms. The zero-order valence-electron chi connectivity index (χ0n) is 10.3. The van der Waals surface area contributed by atoms with Gasteiger partial charge in [-0.3, -0.25) is 4.79 Å². The number of H-pyrrole nitrogens is 1. The van der Waals surface area contributed by atoms with Crippen LogP contribution >= 0.6 is 0 Å². The lowest BCUT2D eigenvalue weighted by molar-refractivity contribution is 0.0465. The Kier molecular flexibility index (Phi) is 3.32. The molecule has 0 saturated heterocycles. The van der Waals surface area contributed by atoms with Crippen LogP contribution in [0.15, 0.2) is 35.4 Å². The Bertz CT molecular complexity index is 625. The first kappa shape index (κ1) is 12.2. The highest BCUT2D eigenvalue weighted by Gasteiger charge is 2.11. The molecule has 0 amide bonds. The van der Waals surface area contributed by atoms with Crippen molar-refractivity contribution in [1.82, 2.24) is 9.55 Å². The molecule has 0 fully saturated rings. The van der Waals surface area contributed by atoms with Gasteiger partial charge in [-0.2, -0.15) is 0 Å². The SMILES string of the molecule is Cc1cc[nH]c1C(=O)OCc1ccn(C)c(=O)c1. The van der Waals surface area contributed by atoms with E-state index in [4.69, 9.17) is 4.74 Å². The molecule has 2 heterocycles. The number of hydrogen-bond donors (Lipinski definition) is 1. The van der Waals surface area contributed by atoms with Crippen LogP contribution in [0.4, 0.5) is 0 Å². The molecule has 0 atom stereocenters. The Balaban J connectivity index is 2.04. The van der Waals surface area contributed by atoms with Gasteiger partial charge < -0.3 is 14.3 Å². The molecule has 0 aliphatic heterocycles. The second-order valence-electron chi connectivity index (χ2n) is 4.10. The monoisotopic (exact) mass is 246 g/mol. The van der Waals surface area contributed by atoms with Crippen LogP contribution in [0.2, 0.25) is 0 Å². The molecule has 5 heteroatoms. The summed E-state index contributed by atoms with van der Waals surface area (Å²) in [5, 5.41) is 0. The van der Waals surface area contributed by atoms with Crippen molar-refractivity contribution in [2.24, 2.45) is 7.05 Å². The molecular weight excluding hydrogens is 232 g/mol. The maximum atomic E-state index is 11.7. The Hall–Kier alpha value is -2.30. The number of hydrogen-bond acceptors (Lipinski definition) is 3. The van der Waals surface area contributed by atoms with Crippen LogP contribution in [0.3, 0.4) is 0 Å². The molecule has 2 aromatic rings. The second kappa shape index (κ2) is 4.91. The molecule has 0 aliphatic rings. The van der Waals surface area contributed by atoms with Crippen LogP contribution in [0.1, 0.15) is 21.6 Å². The van der Waals surface area contributed by atoms with Crippen LogP contribution in [-0.4, -0.2) is 15.5 Å². The number of ether oxygens (including phenoxy) is 1. The maximum Gasteiger partial charge on any atom is 0.355 e. The molecule has 0 spiro atoms. The lowest BCUT2D eigenvalue weighted by Gasteiger charge is -2.05. The Morgan fingerprint density at radius 1 is 1.44 bits per heavy atom. The van der Waals surface area contributed by atoms with E-state index < -0.39 is 5.97 Å². The van der Waals surface area contributed by atoms with Crippen LogP contribution in [0.25, 0.3) is 0 Å². The number of aryl methyl sites for hydroxylation is 2. The van der Waals surface area contributed by atoms with E-state index in [1.807, 2.05) is 6.92 Å². The van der Waals surface area contributed by atoms with Crippen molar-refractivity contribution in [2.75, 3.05) is 0 Å². The van der Waals surface area contributed by atoms with Gasteiger partial charge in [0, 0.05) is 25.5 Å². The Morgan fingerprint density at radius 3 is 2.83 bits per heavy atom. The lowest BCUT2D eigenvalue weighted by Crippen LogP contribution is -2.16. The second-order valence-corrected chi connectivity index (χ2v) is 4.10. The normalized spacial score (nSPS) is 10.3. The van der Waals surface area contributed by atoms with E-state index in [2.05, 4.69) is 4.98 Å². The Labute approximate surface area is 104 Å². The molecule has 0 bridgehead atoms. The van der Waals surface area contributed by atoms with Crippen molar-refractivity contribution in [2.45, 2.75) is 13.5 Å². The molecule has 0 radical (unpaired) electrons. The maximum absolute atomic E-state index is 11.7. The standard InChI is InChI=1S/C13H14N2O3/c1-9-3-5-14-12(9)13(17)18-8-10-4-6-15(2)11(16)7-10/h3-7,14H,8H2,1-2H3. The minimum Gasteiger partial charge on any atom is -0.456 e. The van der Waals surface area contributed by atoms with Gasteiger partial charge in [0.1, 0.15) is 12.3 Å². The summed E-state index contributed by atoms with van der Waals surface area (Å²) >= 11 is 0. The number of nitrogens with one attached hydrogen (secondary N) is 1. The summed E-state index contributed by atoms with van der Waals surface area (Å²) in [6.07, 6.45) is 3.33. The van der Waals surface area contributed by atoms with Gasteiger partial charge in [-0.15, -0.1) is 0 Å². The Morgan fingerprint density at radius 2 is 2.22 bits per heavy atom. The third-order valence-electron chi connectivity index (χ3n) is 2.70. The fraction of sp³-hybridized carbons (Fsp3) is 0.231. The zero-order chi connectivity index (χ0) is 13.1. The quantitative estimate of drug-likeness (QED) is 0.832. The van der Waals surface area contributed by atoms with E-state index in [-0.39, 0.29) is 12.2 Å². The predicted molar refractivity (Wildman–Crippen MR) is 66.3 cm³/mol.